The van der Waals surface area contributed by atoms with Crippen LogP contribution >= 0.6 is 0 Å². The molecule has 2 fully saturated rings. The Morgan fingerprint density at radius 2 is 1.52 bits per heavy atom. The highest BCUT2D eigenvalue weighted by atomic mass is 16.2. The zero-order valence-electron chi connectivity index (χ0n) is 13.3. The van der Waals surface area contributed by atoms with Crippen LogP contribution in [0.2, 0.25) is 0 Å². The highest BCUT2D eigenvalue weighted by molar-refractivity contribution is 5.92. The van der Waals surface area contributed by atoms with Crippen LogP contribution < -0.4 is 5.32 Å². The van der Waals surface area contributed by atoms with Crippen LogP contribution in [0.3, 0.4) is 0 Å². The van der Waals surface area contributed by atoms with E-state index in [2.05, 4.69) is 5.32 Å². The zero-order valence-corrected chi connectivity index (χ0v) is 13.3. The summed E-state index contributed by atoms with van der Waals surface area (Å²) >= 11 is 0. The topological polar surface area (TPSA) is 46.2 Å². The van der Waals surface area contributed by atoms with Crippen molar-refractivity contribution in [1.82, 2.24) is 5.32 Å². The van der Waals surface area contributed by atoms with E-state index in [-0.39, 0.29) is 23.5 Å². The number of amides is 1. The molecule has 2 rings (SSSR count). The van der Waals surface area contributed by atoms with E-state index in [0.717, 1.165) is 25.7 Å². The lowest BCUT2D eigenvalue weighted by atomic mass is 9.86. The summed E-state index contributed by atoms with van der Waals surface area (Å²) < 4.78 is 0. The Bertz CT molecular complexity index is 377. The summed E-state index contributed by atoms with van der Waals surface area (Å²) in [5, 5.41) is 3.12. The molecule has 3 heteroatoms. The van der Waals surface area contributed by atoms with Gasteiger partial charge in [-0.1, -0.05) is 51.5 Å². The van der Waals surface area contributed by atoms with Crippen molar-refractivity contribution in [2.75, 3.05) is 0 Å². The van der Waals surface area contributed by atoms with E-state index in [9.17, 15) is 9.59 Å². The van der Waals surface area contributed by atoms with Crippen LogP contribution in [0.15, 0.2) is 12.2 Å². The predicted molar refractivity (Wildman–Crippen MR) is 84.9 cm³/mol. The van der Waals surface area contributed by atoms with Gasteiger partial charge < -0.3 is 5.32 Å². The second-order valence-electron chi connectivity index (χ2n) is 6.73. The molecule has 1 atom stereocenters. The van der Waals surface area contributed by atoms with Gasteiger partial charge in [-0.2, -0.15) is 0 Å². The molecular weight excluding hydrogens is 262 g/mol. The van der Waals surface area contributed by atoms with Crippen molar-refractivity contribution in [1.29, 1.82) is 0 Å². The van der Waals surface area contributed by atoms with Crippen LogP contribution in [-0.2, 0) is 9.59 Å². The second kappa shape index (κ2) is 8.35. The van der Waals surface area contributed by atoms with Gasteiger partial charge in [0.1, 0.15) is 0 Å². The van der Waals surface area contributed by atoms with Gasteiger partial charge in [0, 0.05) is 12.0 Å². The minimum absolute atomic E-state index is 0.0644. The molecule has 2 aliphatic rings. The van der Waals surface area contributed by atoms with Gasteiger partial charge in [-0.3, -0.25) is 9.59 Å². The van der Waals surface area contributed by atoms with Crippen molar-refractivity contribution < 1.29 is 9.59 Å². The average molecular weight is 291 g/mol. The van der Waals surface area contributed by atoms with Gasteiger partial charge in [-0.25, -0.2) is 0 Å². The van der Waals surface area contributed by atoms with Crippen molar-refractivity contribution in [3.63, 3.8) is 0 Å². The van der Waals surface area contributed by atoms with Crippen LogP contribution in [0.4, 0.5) is 0 Å². The maximum Gasteiger partial charge on any atom is 0.226 e. The molecule has 118 valence electrons. The number of hydrogen-bond acceptors (Lipinski definition) is 2. The first-order chi connectivity index (χ1) is 10.2. The minimum atomic E-state index is -0.209. The van der Waals surface area contributed by atoms with E-state index in [1.807, 2.05) is 6.92 Å². The second-order valence-corrected chi connectivity index (χ2v) is 6.73. The molecule has 0 heterocycles. The molecule has 0 aliphatic heterocycles. The lowest BCUT2D eigenvalue weighted by Crippen LogP contribution is -2.38. The van der Waals surface area contributed by atoms with Crippen molar-refractivity contribution in [2.45, 2.75) is 77.2 Å². The van der Waals surface area contributed by atoms with Crippen LogP contribution in [-0.4, -0.2) is 17.7 Å². The molecule has 1 unspecified atom stereocenters. The summed E-state index contributed by atoms with van der Waals surface area (Å²) in [5.74, 6) is 0.268. The lowest BCUT2D eigenvalue weighted by molar-refractivity contribution is -0.124. The molecular formula is C18H29NO2. The summed E-state index contributed by atoms with van der Waals surface area (Å²) in [6.45, 7) is 1.88. The van der Waals surface area contributed by atoms with E-state index in [1.54, 1.807) is 12.2 Å². The first-order valence-corrected chi connectivity index (χ1v) is 8.69. The Balaban J connectivity index is 1.76. The van der Waals surface area contributed by atoms with E-state index < -0.39 is 0 Å². The van der Waals surface area contributed by atoms with Gasteiger partial charge in [0.15, 0.2) is 5.78 Å². The standard InChI is InChI=1S/C18H29NO2/c1-14(18(21)19-16-10-6-3-7-11-16)12-13-17(20)15-8-4-2-5-9-15/h12-16H,2-11H2,1H3,(H,19,21). The third-order valence-electron chi connectivity index (χ3n) is 4.92. The van der Waals surface area contributed by atoms with Crippen molar-refractivity contribution in [3.8, 4) is 0 Å². The Hall–Kier alpha value is -1.12. The van der Waals surface area contributed by atoms with Crippen molar-refractivity contribution in [3.05, 3.63) is 12.2 Å². The fourth-order valence-corrected chi connectivity index (χ4v) is 3.43. The monoisotopic (exact) mass is 291 g/mol. The maximum atomic E-state index is 12.1. The maximum absolute atomic E-state index is 12.1. The van der Waals surface area contributed by atoms with E-state index >= 15 is 0 Å². The Labute approximate surface area is 128 Å². The molecule has 0 aromatic heterocycles. The Morgan fingerprint density at radius 3 is 2.14 bits per heavy atom. The van der Waals surface area contributed by atoms with Gasteiger partial charge in [-0.05, 0) is 31.8 Å². The van der Waals surface area contributed by atoms with Crippen LogP contribution in [0.5, 0.6) is 0 Å². The Kier molecular flexibility index (Phi) is 6.47. The number of nitrogens with one attached hydrogen (secondary N) is 1. The molecule has 3 nitrogen and oxygen atoms in total. The lowest BCUT2D eigenvalue weighted by Gasteiger charge is -2.23. The molecule has 0 spiro atoms. The summed E-state index contributed by atoms with van der Waals surface area (Å²) in [6.07, 6.45) is 15.0. The summed E-state index contributed by atoms with van der Waals surface area (Å²) in [6, 6.07) is 0.344. The number of hydrogen-bond donors (Lipinski definition) is 1. The largest absolute Gasteiger partial charge is 0.353 e. The third-order valence-corrected chi connectivity index (χ3v) is 4.92. The molecule has 1 N–H and O–H groups in total. The highest BCUT2D eigenvalue weighted by Crippen LogP contribution is 2.24. The molecule has 0 bridgehead atoms. The number of carbonyl (C=O) groups is 2. The zero-order chi connectivity index (χ0) is 15.1. The van der Waals surface area contributed by atoms with Gasteiger partial charge in [0.2, 0.25) is 5.91 Å². The third kappa shape index (κ3) is 5.29. The number of allylic oxidation sites excluding steroid dienone is 1. The van der Waals surface area contributed by atoms with Crippen LogP contribution in [0.1, 0.15) is 71.1 Å². The predicted octanol–water partition coefficient (Wildman–Crippen LogP) is 3.78. The van der Waals surface area contributed by atoms with E-state index in [1.165, 1.54) is 38.5 Å². The number of rotatable bonds is 5. The van der Waals surface area contributed by atoms with Gasteiger partial charge in [0.25, 0.3) is 0 Å². The van der Waals surface area contributed by atoms with Gasteiger partial charge >= 0.3 is 0 Å². The SMILES string of the molecule is CC(C=CC(=O)C1CCCCC1)C(=O)NC1CCCCC1. The van der Waals surface area contributed by atoms with Crippen molar-refractivity contribution >= 4 is 11.7 Å². The minimum Gasteiger partial charge on any atom is -0.353 e. The molecule has 21 heavy (non-hydrogen) atoms. The summed E-state index contributed by atoms with van der Waals surface area (Å²) in [4.78, 5) is 24.2. The van der Waals surface area contributed by atoms with E-state index in [4.69, 9.17) is 0 Å². The fourth-order valence-electron chi connectivity index (χ4n) is 3.43. The summed E-state index contributed by atoms with van der Waals surface area (Å²) in [7, 11) is 0. The summed E-state index contributed by atoms with van der Waals surface area (Å²) in [5.41, 5.74) is 0. The van der Waals surface area contributed by atoms with Crippen molar-refractivity contribution in [2.24, 2.45) is 11.8 Å². The molecule has 0 aromatic rings. The normalized spacial score (nSPS) is 23.1. The highest BCUT2D eigenvalue weighted by Gasteiger charge is 2.21. The first-order valence-electron chi connectivity index (χ1n) is 8.69. The average Bonchev–Trinajstić information content (AvgIpc) is 2.54. The van der Waals surface area contributed by atoms with Crippen LogP contribution in [0, 0.1) is 11.8 Å². The quantitative estimate of drug-likeness (QED) is 0.784. The van der Waals surface area contributed by atoms with Gasteiger partial charge in [-0.15, -0.1) is 0 Å². The van der Waals surface area contributed by atoms with Crippen LogP contribution in [0.25, 0.3) is 0 Å². The molecule has 0 radical (unpaired) electrons. The Morgan fingerprint density at radius 1 is 0.952 bits per heavy atom. The molecule has 0 saturated heterocycles. The van der Waals surface area contributed by atoms with E-state index in [0.29, 0.717) is 6.04 Å². The number of ketones is 1. The first kappa shape index (κ1) is 16.3. The smallest absolute Gasteiger partial charge is 0.226 e. The fraction of sp³-hybridized carbons (Fsp3) is 0.778. The molecule has 1 amide bonds. The van der Waals surface area contributed by atoms with Gasteiger partial charge in [0.05, 0.1) is 5.92 Å². The number of carbonyl (C=O) groups excluding carboxylic acids is 2. The molecule has 0 aromatic carbocycles. The molecule has 2 aliphatic carbocycles. The molecule has 2 saturated carbocycles.